The molecule has 2 nitrogen and oxygen atoms in total. The molecule has 0 bridgehead atoms. The Morgan fingerprint density at radius 2 is 1.73 bits per heavy atom. The van der Waals surface area contributed by atoms with Crippen molar-refractivity contribution in [3.63, 3.8) is 0 Å². The van der Waals surface area contributed by atoms with Crippen LogP contribution >= 0.6 is 0 Å². The van der Waals surface area contributed by atoms with E-state index < -0.39 is 0 Å². The smallest absolute Gasteiger partial charge is 0.119 e. The summed E-state index contributed by atoms with van der Waals surface area (Å²) in [4.78, 5) is 0. The van der Waals surface area contributed by atoms with Crippen molar-refractivity contribution in [1.82, 2.24) is 0 Å². The molecule has 2 heteroatoms. The second-order valence-electron chi connectivity index (χ2n) is 4.14. The van der Waals surface area contributed by atoms with Gasteiger partial charge in [0.05, 0.1) is 6.10 Å². The summed E-state index contributed by atoms with van der Waals surface area (Å²) >= 11 is 0. The number of benzene rings is 1. The highest BCUT2D eigenvalue weighted by Crippen LogP contribution is 2.17. The van der Waals surface area contributed by atoms with E-state index in [1.54, 1.807) is 0 Å². The summed E-state index contributed by atoms with van der Waals surface area (Å²) in [5.41, 5.74) is 1.15. The van der Waals surface area contributed by atoms with Gasteiger partial charge in [0, 0.05) is 11.7 Å². The highest BCUT2D eigenvalue weighted by Gasteiger charge is 2.00. The van der Waals surface area contributed by atoms with Crippen LogP contribution in [0.5, 0.6) is 5.75 Å². The molecule has 1 atom stereocenters. The van der Waals surface area contributed by atoms with E-state index in [0.717, 1.165) is 17.9 Å². The van der Waals surface area contributed by atoms with Crippen LogP contribution in [0.25, 0.3) is 0 Å². The third kappa shape index (κ3) is 4.24. The monoisotopic (exact) mass is 207 g/mol. The van der Waals surface area contributed by atoms with E-state index >= 15 is 0 Å². The third-order valence-electron chi connectivity index (χ3n) is 2.25. The molecule has 0 saturated carbocycles. The maximum Gasteiger partial charge on any atom is 0.119 e. The van der Waals surface area contributed by atoms with Crippen LogP contribution in [0.2, 0.25) is 0 Å². The summed E-state index contributed by atoms with van der Waals surface area (Å²) in [6.45, 7) is 8.42. The van der Waals surface area contributed by atoms with Gasteiger partial charge in [-0.25, -0.2) is 0 Å². The fourth-order valence-corrected chi connectivity index (χ4v) is 1.29. The molecular formula is C13H21NO. The average Bonchev–Trinajstić information content (AvgIpc) is 2.20. The second kappa shape index (κ2) is 5.64. The highest BCUT2D eigenvalue weighted by molar-refractivity contribution is 5.46. The third-order valence-corrected chi connectivity index (χ3v) is 2.25. The lowest BCUT2D eigenvalue weighted by molar-refractivity contribution is 0.242. The molecule has 0 saturated heterocycles. The van der Waals surface area contributed by atoms with E-state index in [0.29, 0.717) is 6.04 Å². The Balaban J connectivity index is 2.56. The number of ether oxygens (including phenoxy) is 1. The standard InChI is InChI=1S/C13H21NO/c1-5-11(4)14-12-6-8-13(9-7-12)15-10(2)3/h6-11,14H,5H2,1-4H3/t11-/m0/s1. The van der Waals surface area contributed by atoms with Gasteiger partial charge in [-0.1, -0.05) is 6.92 Å². The van der Waals surface area contributed by atoms with Crippen molar-refractivity contribution < 1.29 is 4.74 Å². The lowest BCUT2D eigenvalue weighted by Crippen LogP contribution is -2.13. The number of rotatable bonds is 5. The first-order valence-electron chi connectivity index (χ1n) is 5.65. The van der Waals surface area contributed by atoms with Crippen molar-refractivity contribution in [3.05, 3.63) is 24.3 Å². The van der Waals surface area contributed by atoms with Crippen LogP contribution in [0.4, 0.5) is 5.69 Å². The Labute approximate surface area is 92.6 Å². The molecule has 0 aliphatic carbocycles. The molecule has 0 aliphatic heterocycles. The van der Waals surface area contributed by atoms with E-state index in [1.807, 2.05) is 26.0 Å². The van der Waals surface area contributed by atoms with Crippen molar-refractivity contribution in [1.29, 1.82) is 0 Å². The fourth-order valence-electron chi connectivity index (χ4n) is 1.29. The molecule has 1 aromatic carbocycles. The van der Waals surface area contributed by atoms with Gasteiger partial charge < -0.3 is 10.1 Å². The van der Waals surface area contributed by atoms with Crippen LogP contribution in [0, 0.1) is 0 Å². The first-order chi connectivity index (χ1) is 7.11. The summed E-state index contributed by atoms with van der Waals surface area (Å²) < 4.78 is 5.57. The number of hydrogen-bond acceptors (Lipinski definition) is 2. The van der Waals surface area contributed by atoms with Gasteiger partial charge in [-0.2, -0.15) is 0 Å². The van der Waals surface area contributed by atoms with Crippen LogP contribution < -0.4 is 10.1 Å². The zero-order valence-electron chi connectivity index (χ0n) is 10.1. The van der Waals surface area contributed by atoms with Gasteiger partial charge in [-0.3, -0.25) is 0 Å². The molecule has 0 heterocycles. The molecule has 0 amide bonds. The molecular weight excluding hydrogens is 186 g/mol. The average molecular weight is 207 g/mol. The molecule has 15 heavy (non-hydrogen) atoms. The van der Waals surface area contributed by atoms with E-state index in [-0.39, 0.29) is 6.10 Å². The summed E-state index contributed by atoms with van der Waals surface area (Å²) in [6, 6.07) is 8.64. The van der Waals surface area contributed by atoms with Crippen LogP contribution in [0.1, 0.15) is 34.1 Å². The van der Waals surface area contributed by atoms with Crippen molar-refractivity contribution in [3.8, 4) is 5.75 Å². The summed E-state index contributed by atoms with van der Waals surface area (Å²) in [7, 11) is 0. The molecule has 0 aliphatic rings. The zero-order chi connectivity index (χ0) is 11.3. The molecule has 0 radical (unpaired) electrons. The van der Waals surface area contributed by atoms with E-state index in [9.17, 15) is 0 Å². The normalized spacial score (nSPS) is 12.6. The maximum absolute atomic E-state index is 5.57. The molecule has 0 unspecified atom stereocenters. The van der Waals surface area contributed by atoms with Crippen molar-refractivity contribution >= 4 is 5.69 Å². The zero-order valence-corrected chi connectivity index (χ0v) is 10.1. The first kappa shape index (κ1) is 11.9. The summed E-state index contributed by atoms with van der Waals surface area (Å²) in [5, 5.41) is 3.42. The van der Waals surface area contributed by atoms with Crippen LogP contribution in [0.3, 0.4) is 0 Å². The molecule has 0 aromatic heterocycles. The SMILES string of the molecule is CC[C@H](C)Nc1ccc(OC(C)C)cc1. The maximum atomic E-state index is 5.57. The number of nitrogens with one attached hydrogen (secondary N) is 1. The Bertz CT molecular complexity index is 279. The Morgan fingerprint density at radius 3 is 2.20 bits per heavy atom. The minimum atomic E-state index is 0.235. The van der Waals surface area contributed by atoms with E-state index in [1.165, 1.54) is 0 Å². The first-order valence-corrected chi connectivity index (χ1v) is 5.65. The molecule has 0 spiro atoms. The van der Waals surface area contributed by atoms with Gasteiger partial charge in [0.25, 0.3) is 0 Å². The van der Waals surface area contributed by atoms with Crippen LogP contribution in [-0.2, 0) is 0 Å². The van der Waals surface area contributed by atoms with Crippen LogP contribution in [-0.4, -0.2) is 12.1 Å². The molecule has 1 aromatic rings. The van der Waals surface area contributed by atoms with Crippen molar-refractivity contribution in [2.45, 2.75) is 46.3 Å². The molecule has 1 N–H and O–H groups in total. The highest BCUT2D eigenvalue weighted by atomic mass is 16.5. The van der Waals surface area contributed by atoms with Gasteiger partial charge in [0.1, 0.15) is 5.75 Å². The predicted molar refractivity (Wildman–Crippen MR) is 65.6 cm³/mol. The molecule has 1 rings (SSSR count). The quantitative estimate of drug-likeness (QED) is 0.795. The molecule has 0 fully saturated rings. The topological polar surface area (TPSA) is 21.3 Å². The van der Waals surface area contributed by atoms with Crippen molar-refractivity contribution in [2.24, 2.45) is 0 Å². The minimum Gasteiger partial charge on any atom is -0.491 e. The largest absolute Gasteiger partial charge is 0.491 e. The Hall–Kier alpha value is -1.18. The fraction of sp³-hybridized carbons (Fsp3) is 0.538. The van der Waals surface area contributed by atoms with E-state index in [4.69, 9.17) is 4.74 Å². The summed E-state index contributed by atoms with van der Waals surface area (Å²) in [5.74, 6) is 0.930. The van der Waals surface area contributed by atoms with E-state index in [2.05, 4.69) is 31.3 Å². The minimum absolute atomic E-state index is 0.235. The second-order valence-corrected chi connectivity index (χ2v) is 4.14. The van der Waals surface area contributed by atoms with Crippen LogP contribution in [0.15, 0.2) is 24.3 Å². The Morgan fingerprint density at radius 1 is 1.13 bits per heavy atom. The lowest BCUT2D eigenvalue weighted by atomic mass is 10.2. The number of hydrogen-bond donors (Lipinski definition) is 1. The van der Waals surface area contributed by atoms with Gasteiger partial charge in [0.2, 0.25) is 0 Å². The molecule has 84 valence electrons. The summed E-state index contributed by atoms with van der Waals surface area (Å²) in [6.07, 6.45) is 1.36. The van der Waals surface area contributed by atoms with Crippen molar-refractivity contribution in [2.75, 3.05) is 5.32 Å². The lowest BCUT2D eigenvalue weighted by Gasteiger charge is -2.14. The predicted octanol–water partition coefficient (Wildman–Crippen LogP) is 3.68. The van der Waals surface area contributed by atoms with Gasteiger partial charge in [-0.05, 0) is 51.5 Å². The number of anilines is 1. The Kier molecular flexibility index (Phi) is 4.47. The van der Waals surface area contributed by atoms with Gasteiger partial charge >= 0.3 is 0 Å². The van der Waals surface area contributed by atoms with Gasteiger partial charge in [-0.15, -0.1) is 0 Å². The van der Waals surface area contributed by atoms with Gasteiger partial charge in [0.15, 0.2) is 0 Å².